The van der Waals surface area contributed by atoms with Gasteiger partial charge in [-0.05, 0) is 75.3 Å². The zero-order chi connectivity index (χ0) is 12.3. The summed E-state index contributed by atoms with van der Waals surface area (Å²) in [5.74, 6) is 3.12. The first-order valence-corrected chi connectivity index (χ1v) is 8.32. The lowest BCUT2D eigenvalue weighted by Gasteiger charge is -2.56. The molecule has 0 aliphatic heterocycles. The highest BCUT2D eigenvalue weighted by Crippen LogP contribution is 2.61. The third-order valence-electron chi connectivity index (χ3n) is 5.64. The number of nitrogens with two attached hydrogens (primary N) is 1. The van der Waals surface area contributed by atoms with Crippen molar-refractivity contribution in [3.05, 3.63) is 21.9 Å². The van der Waals surface area contributed by atoms with Gasteiger partial charge < -0.3 is 5.73 Å². The molecule has 4 aliphatic rings. The quantitative estimate of drug-likeness (QED) is 0.847. The van der Waals surface area contributed by atoms with Crippen LogP contribution in [0.3, 0.4) is 0 Å². The number of thiophene rings is 1. The van der Waals surface area contributed by atoms with Crippen LogP contribution < -0.4 is 5.73 Å². The monoisotopic (exact) mass is 261 g/mol. The van der Waals surface area contributed by atoms with E-state index in [1.165, 1.54) is 43.4 Å². The molecule has 1 heterocycles. The van der Waals surface area contributed by atoms with Gasteiger partial charge in [0.1, 0.15) is 0 Å². The second-order valence-electron chi connectivity index (χ2n) is 7.19. The van der Waals surface area contributed by atoms with E-state index in [1.54, 1.807) is 4.88 Å². The van der Waals surface area contributed by atoms with Crippen LogP contribution in [0.15, 0.2) is 12.1 Å². The Morgan fingerprint density at radius 2 is 1.67 bits per heavy atom. The summed E-state index contributed by atoms with van der Waals surface area (Å²) in [6.07, 6.45) is 9.01. The van der Waals surface area contributed by atoms with Crippen molar-refractivity contribution in [3.63, 3.8) is 0 Å². The van der Waals surface area contributed by atoms with Crippen LogP contribution in [0, 0.1) is 17.8 Å². The zero-order valence-electron chi connectivity index (χ0n) is 11.2. The summed E-state index contributed by atoms with van der Waals surface area (Å²) in [6, 6.07) is 4.89. The average Bonchev–Trinajstić information content (AvgIpc) is 2.76. The number of hydrogen-bond acceptors (Lipinski definition) is 2. The lowest BCUT2D eigenvalue weighted by molar-refractivity contribution is -0.00346. The first kappa shape index (κ1) is 11.5. The van der Waals surface area contributed by atoms with Gasteiger partial charge in [0.2, 0.25) is 0 Å². The summed E-state index contributed by atoms with van der Waals surface area (Å²) in [4.78, 5) is 3.04. The maximum atomic E-state index is 6.03. The minimum Gasteiger partial charge on any atom is -0.324 e. The van der Waals surface area contributed by atoms with Gasteiger partial charge in [0, 0.05) is 21.2 Å². The van der Waals surface area contributed by atoms with Gasteiger partial charge in [0.15, 0.2) is 0 Å². The topological polar surface area (TPSA) is 26.0 Å². The van der Waals surface area contributed by atoms with E-state index in [0.29, 0.717) is 5.41 Å². The van der Waals surface area contributed by atoms with Crippen molar-refractivity contribution < 1.29 is 0 Å². The summed E-state index contributed by atoms with van der Waals surface area (Å²) in [7, 11) is 0. The average molecular weight is 261 g/mol. The Bertz CT molecular complexity index is 424. The highest BCUT2D eigenvalue weighted by Gasteiger charge is 2.52. The summed E-state index contributed by atoms with van der Waals surface area (Å²) >= 11 is 2.00. The molecule has 1 atom stereocenters. The molecule has 1 aromatic rings. The molecule has 2 heteroatoms. The molecule has 0 aromatic carbocycles. The molecule has 0 spiro atoms. The Balaban J connectivity index is 1.70. The van der Waals surface area contributed by atoms with Crippen LogP contribution in [0.4, 0.5) is 0 Å². The Morgan fingerprint density at radius 3 is 2.11 bits per heavy atom. The highest BCUT2D eigenvalue weighted by atomic mass is 32.1. The molecule has 0 radical (unpaired) electrons. The van der Waals surface area contributed by atoms with E-state index in [-0.39, 0.29) is 6.04 Å². The largest absolute Gasteiger partial charge is 0.324 e. The van der Waals surface area contributed by atoms with Crippen molar-refractivity contribution in [2.75, 3.05) is 0 Å². The molecule has 4 bridgehead atoms. The van der Waals surface area contributed by atoms with Crippen LogP contribution in [0.2, 0.25) is 0 Å². The molecule has 98 valence electrons. The Kier molecular flexibility index (Phi) is 2.44. The summed E-state index contributed by atoms with van der Waals surface area (Å²) in [5, 5.41) is 0. The summed E-state index contributed by atoms with van der Waals surface area (Å²) < 4.78 is 0. The Labute approximate surface area is 114 Å². The molecule has 2 N–H and O–H groups in total. The van der Waals surface area contributed by atoms with Crippen LogP contribution in [-0.4, -0.2) is 0 Å². The SMILES string of the molecule is C[C@H](N)c1ccc(C23CC4CC(CC(C4)C2)C3)s1. The van der Waals surface area contributed by atoms with E-state index < -0.39 is 0 Å². The molecule has 4 aliphatic carbocycles. The normalized spacial score (nSPS) is 43.3. The fourth-order valence-electron chi connectivity index (χ4n) is 5.30. The van der Waals surface area contributed by atoms with Crippen molar-refractivity contribution in [2.45, 2.75) is 56.9 Å². The van der Waals surface area contributed by atoms with Crippen LogP contribution in [0.25, 0.3) is 0 Å². The fourth-order valence-corrected chi connectivity index (χ4v) is 6.47. The minimum atomic E-state index is 0.206. The molecule has 0 unspecified atom stereocenters. The Hall–Kier alpha value is -0.340. The molecule has 18 heavy (non-hydrogen) atoms. The molecular weight excluding hydrogens is 238 g/mol. The van der Waals surface area contributed by atoms with E-state index in [9.17, 15) is 0 Å². The zero-order valence-corrected chi connectivity index (χ0v) is 12.0. The number of rotatable bonds is 2. The van der Waals surface area contributed by atoms with Crippen LogP contribution >= 0.6 is 11.3 Å². The van der Waals surface area contributed by atoms with Crippen molar-refractivity contribution in [3.8, 4) is 0 Å². The summed E-state index contributed by atoms with van der Waals surface area (Å²) in [6.45, 7) is 2.11. The van der Waals surface area contributed by atoms with Gasteiger partial charge >= 0.3 is 0 Å². The smallest absolute Gasteiger partial charge is 0.0361 e. The molecule has 0 amide bonds. The third kappa shape index (κ3) is 1.61. The maximum Gasteiger partial charge on any atom is 0.0361 e. The lowest BCUT2D eigenvalue weighted by Crippen LogP contribution is -2.48. The maximum absolute atomic E-state index is 6.03. The van der Waals surface area contributed by atoms with Crippen molar-refractivity contribution in [1.82, 2.24) is 0 Å². The van der Waals surface area contributed by atoms with E-state index in [0.717, 1.165) is 17.8 Å². The van der Waals surface area contributed by atoms with E-state index >= 15 is 0 Å². The van der Waals surface area contributed by atoms with Gasteiger partial charge in [-0.25, -0.2) is 0 Å². The highest BCUT2D eigenvalue weighted by molar-refractivity contribution is 7.12. The van der Waals surface area contributed by atoms with Gasteiger partial charge in [0.25, 0.3) is 0 Å². The first-order chi connectivity index (χ1) is 8.64. The van der Waals surface area contributed by atoms with E-state index in [4.69, 9.17) is 5.73 Å². The van der Waals surface area contributed by atoms with E-state index in [1.807, 2.05) is 11.3 Å². The predicted octanol–water partition coefficient (Wildman–Crippen LogP) is 4.24. The first-order valence-electron chi connectivity index (χ1n) is 7.50. The summed E-state index contributed by atoms with van der Waals surface area (Å²) in [5.41, 5.74) is 6.59. The van der Waals surface area contributed by atoms with Gasteiger partial charge in [-0.1, -0.05) is 0 Å². The van der Waals surface area contributed by atoms with Crippen molar-refractivity contribution >= 4 is 11.3 Å². The molecule has 4 fully saturated rings. The van der Waals surface area contributed by atoms with E-state index in [2.05, 4.69) is 19.1 Å². The van der Waals surface area contributed by atoms with Crippen LogP contribution in [-0.2, 0) is 5.41 Å². The standard InChI is InChI=1S/C16H23NS/c1-10(17)14-2-3-15(18-14)16-7-11-4-12(8-16)6-13(5-11)9-16/h2-3,10-13H,4-9,17H2,1H3/t10-,11?,12?,13?,16?/m0/s1. The van der Waals surface area contributed by atoms with Gasteiger partial charge in [-0.15, -0.1) is 11.3 Å². The molecule has 4 saturated carbocycles. The lowest BCUT2D eigenvalue weighted by atomic mass is 9.49. The van der Waals surface area contributed by atoms with Gasteiger partial charge in [-0.2, -0.15) is 0 Å². The fraction of sp³-hybridized carbons (Fsp3) is 0.750. The predicted molar refractivity (Wildman–Crippen MR) is 76.8 cm³/mol. The third-order valence-corrected chi connectivity index (χ3v) is 7.17. The molecule has 0 saturated heterocycles. The molecule has 1 nitrogen and oxygen atoms in total. The van der Waals surface area contributed by atoms with Gasteiger partial charge in [0.05, 0.1) is 0 Å². The molecule has 5 rings (SSSR count). The second kappa shape index (κ2) is 3.83. The van der Waals surface area contributed by atoms with Gasteiger partial charge in [-0.3, -0.25) is 0 Å². The van der Waals surface area contributed by atoms with Crippen molar-refractivity contribution in [2.24, 2.45) is 23.5 Å². The van der Waals surface area contributed by atoms with Crippen LogP contribution in [0.5, 0.6) is 0 Å². The number of hydrogen-bond donors (Lipinski definition) is 1. The minimum absolute atomic E-state index is 0.206. The van der Waals surface area contributed by atoms with Crippen molar-refractivity contribution in [1.29, 1.82) is 0 Å². The molecular formula is C16H23NS. The second-order valence-corrected chi connectivity index (χ2v) is 8.30. The Morgan fingerprint density at radius 1 is 1.11 bits per heavy atom. The molecule has 1 aromatic heterocycles. The van der Waals surface area contributed by atoms with Crippen LogP contribution in [0.1, 0.15) is 61.2 Å².